The molecule has 0 fully saturated rings. The molecule has 0 radical (unpaired) electrons. The van der Waals surface area contributed by atoms with Gasteiger partial charge in [-0.15, -0.1) is 0 Å². The van der Waals surface area contributed by atoms with Crippen LogP contribution < -0.4 is 17.1 Å². The zero-order valence-corrected chi connectivity index (χ0v) is 14.6. The molecule has 0 saturated carbocycles. The predicted octanol–water partition coefficient (Wildman–Crippen LogP) is -1.17. The minimum absolute atomic E-state index is 0.137. The summed E-state index contributed by atoms with van der Waals surface area (Å²) in [5, 5.41) is 0. The monoisotopic (exact) mass is 333 g/mol. The van der Waals surface area contributed by atoms with Crippen LogP contribution in [0.15, 0.2) is 14.4 Å². The van der Waals surface area contributed by atoms with Crippen LogP contribution in [0.25, 0.3) is 0 Å². The van der Waals surface area contributed by atoms with Gasteiger partial charge < -0.3 is 13.3 Å². The largest absolute Gasteiger partial charge is 0.522 e. The van der Waals surface area contributed by atoms with Gasteiger partial charge in [0, 0.05) is 33.9 Å². The van der Waals surface area contributed by atoms with Crippen LogP contribution in [0.2, 0.25) is 0 Å². The van der Waals surface area contributed by atoms with E-state index in [9.17, 15) is 14.4 Å². The van der Waals surface area contributed by atoms with Crippen molar-refractivity contribution in [3.63, 3.8) is 0 Å². The van der Waals surface area contributed by atoms with E-state index in [0.29, 0.717) is 19.8 Å². The van der Waals surface area contributed by atoms with Gasteiger partial charge in [-0.3, -0.25) is 0 Å². The van der Waals surface area contributed by atoms with E-state index in [1.807, 2.05) is 0 Å². The van der Waals surface area contributed by atoms with Crippen LogP contribution in [-0.2, 0) is 33.5 Å². The molecular weight excluding hydrogens is 310 g/mol. The molecule has 0 N–H and O–H groups in total. The molecule has 0 aliphatic heterocycles. The molecule has 9 nitrogen and oxygen atoms in total. The fraction of sp³-hybridized carbons (Fsp3) is 0.750. The molecule has 0 aromatic carbocycles. The molecule has 10 heteroatoms. The second kappa shape index (κ2) is 7.67. The highest BCUT2D eigenvalue weighted by Gasteiger charge is 2.42. The van der Waals surface area contributed by atoms with Gasteiger partial charge in [-0.1, -0.05) is 0 Å². The van der Waals surface area contributed by atoms with Crippen LogP contribution in [-0.4, -0.2) is 42.3 Å². The van der Waals surface area contributed by atoms with Gasteiger partial charge in [-0.25, -0.2) is 28.1 Å². The van der Waals surface area contributed by atoms with Gasteiger partial charge in [0.2, 0.25) is 0 Å². The highest BCUT2D eigenvalue weighted by atomic mass is 28.4. The van der Waals surface area contributed by atoms with E-state index >= 15 is 0 Å². The summed E-state index contributed by atoms with van der Waals surface area (Å²) in [5.74, 6) is 0. The molecular formula is C12H23N3O6Si. The van der Waals surface area contributed by atoms with Crippen LogP contribution in [0.5, 0.6) is 0 Å². The summed E-state index contributed by atoms with van der Waals surface area (Å²) < 4.78 is 19.6. The number of nitrogens with zero attached hydrogens (tertiary/aromatic N) is 3. The summed E-state index contributed by atoms with van der Waals surface area (Å²) in [5.41, 5.74) is -2.11. The average Bonchev–Trinajstić information content (AvgIpc) is 2.48. The van der Waals surface area contributed by atoms with E-state index in [2.05, 4.69) is 0 Å². The summed E-state index contributed by atoms with van der Waals surface area (Å²) >= 11 is 0. The van der Waals surface area contributed by atoms with Gasteiger partial charge in [0.05, 0.1) is 0 Å². The van der Waals surface area contributed by atoms with E-state index in [0.717, 1.165) is 13.7 Å². The number of aromatic nitrogens is 3. The first-order valence-corrected chi connectivity index (χ1v) is 9.05. The smallest absolute Gasteiger partial charge is 0.373 e. The minimum atomic E-state index is -3.23. The molecule has 0 unspecified atom stereocenters. The molecule has 0 spiro atoms. The molecule has 1 rings (SSSR count). The first-order valence-electron chi connectivity index (χ1n) is 7.12. The summed E-state index contributed by atoms with van der Waals surface area (Å²) in [6.45, 7) is 6.32. The van der Waals surface area contributed by atoms with Crippen LogP contribution in [0.1, 0.15) is 20.8 Å². The Morgan fingerprint density at radius 1 is 0.773 bits per heavy atom. The zero-order chi connectivity index (χ0) is 16.9. The Morgan fingerprint density at radius 3 is 1.45 bits per heavy atom. The lowest BCUT2D eigenvalue weighted by Crippen LogP contribution is -2.59. The maximum absolute atomic E-state index is 12.2. The topological polar surface area (TPSA) is 93.7 Å². The summed E-state index contributed by atoms with van der Waals surface area (Å²) in [7, 11) is -0.605. The van der Waals surface area contributed by atoms with Gasteiger partial charge in [-0.05, 0) is 20.8 Å². The Balaban J connectivity index is 3.44. The van der Waals surface area contributed by atoms with Crippen molar-refractivity contribution in [3.05, 3.63) is 31.5 Å². The maximum Gasteiger partial charge on any atom is 0.522 e. The van der Waals surface area contributed by atoms with Crippen molar-refractivity contribution < 1.29 is 13.3 Å². The highest BCUT2D eigenvalue weighted by Crippen LogP contribution is 2.11. The van der Waals surface area contributed by atoms with E-state index < -0.39 is 25.9 Å². The minimum Gasteiger partial charge on any atom is -0.373 e. The van der Waals surface area contributed by atoms with Gasteiger partial charge in [0.15, 0.2) is 0 Å². The van der Waals surface area contributed by atoms with Gasteiger partial charge in [0.1, 0.15) is 6.17 Å². The molecule has 0 aliphatic rings. The van der Waals surface area contributed by atoms with Crippen molar-refractivity contribution in [1.29, 1.82) is 0 Å². The summed E-state index contributed by atoms with van der Waals surface area (Å²) in [4.78, 5) is 36.2. The Hall–Kier alpha value is -1.49. The molecule has 1 aromatic heterocycles. The van der Waals surface area contributed by atoms with Crippen molar-refractivity contribution in [1.82, 2.24) is 13.7 Å². The maximum atomic E-state index is 12.2. The third-order valence-corrected chi connectivity index (χ3v) is 5.94. The molecule has 0 aliphatic carbocycles. The average molecular weight is 333 g/mol. The van der Waals surface area contributed by atoms with Crippen molar-refractivity contribution in [2.75, 3.05) is 19.8 Å². The van der Waals surface area contributed by atoms with Crippen molar-refractivity contribution in [3.8, 4) is 0 Å². The first-order chi connectivity index (χ1) is 10.3. The Labute approximate surface area is 129 Å². The molecule has 0 saturated heterocycles. The fourth-order valence-electron chi connectivity index (χ4n) is 2.08. The van der Waals surface area contributed by atoms with Crippen LogP contribution in [0.4, 0.5) is 0 Å². The predicted molar refractivity (Wildman–Crippen MR) is 81.8 cm³/mol. The number of hydrogen-bond donors (Lipinski definition) is 0. The van der Waals surface area contributed by atoms with E-state index in [4.69, 9.17) is 13.3 Å². The summed E-state index contributed by atoms with van der Waals surface area (Å²) in [6.07, 6.45) is -0.137. The first kappa shape index (κ1) is 18.6. The van der Waals surface area contributed by atoms with Gasteiger partial charge >= 0.3 is 25.9 Å². The van der Waals surface area contributed by atoms with E-state index in [1.165, 1.54) is 14.1 Å². The van der Waals surface area contributed by atoms with Gasteiger partial charge in [0.25, 0.3) is 0 Å². The molecule has 0 atom stereocenters. The highest BCUT2D eigenvalue weighted by molar-refractivity contribution is 6.59. The second-order valence-corrected chi connectivity index (χ2v) is 7.08. The van der Waals surface area contributed by atoms with Crippen LogP contribution >= 0.6 is 0 Å². The molecule has 22 heavy (non-hydrogen) atoms. The zero-order valence-electron chi connectivity index (χ0n) is 13.6. The van der Waals surface area contributed by atoms with Gasteiger partial charge in [-0.2, -0.15) is 0 Å². The molecule has 0 amide bonds. The molecule has 0 bridgehead atoms. The third-order valence-electron chi connectivity index (χ3n) is 3.05. The quantitative estimate of drug-likeness (QED) is 0.557. The summed E-state index contributed by atoms with van der Waals surface area (Å²) in [6, 6.07) is 0. The second-order valence-electron chi connectivity index (χ2n) is 4.53. The van der Waals surface area contributed by atoms with Crippen LogP contribution in [0, 0.1) is 0 Å². The van der Waals surface area contributed by atoms with E-state index in [1.54, 1.807) is 20.8 Å². The lowest BCUT2D eigenvalue weighted by Gasteiger charge is -2.28. The molecule has 1 aromatic rings. The Morgan fingerprint density at radius 2 is 1.14 bits per heavy atom. The number of rotatable bonds is 8. The standard InChI is InChI=1S/C12H23N3O6Si/c1-6-19-22(20-7-2,21-8-3)9-15-11(17)13(4)10(16)14(5)12(15)18/h6-9H2,1-5H3. The molecule has 126 valence electrons. The third kappa shape index (κ3) is 3.63. The van der Waals surface area contributed by atoms with Crippen molar-refractivity contribution in [2.24, 2.45) is 14.1 Å². The van der Waals surface area contributed by atoms with Crippen LogP contribution in [0.3, 0.4) is 0 Å². The fourth-order valence-corrected chi connectivity index (χ4v) is 4.58. The Kier molecular flexibility index (Phi) is 6.47. The molecule has 1 heterocycles. The SMILES string of the molecule is CCO[Si](Cn1c(=O)n(C)c(=O)n(C)c1=O)(OCC)OCC. The van der Waals surface area contributed by atoms with Crippen molar-refractivity contribution >= 4 is 8.80 Å². The van der Waals surface area contributed by atoms with Crippen molar-refractivity contribution in [2.45, 2.75) is 26.9 Å². The van der Waals surface area contributed by atoms with E-state index in [-0.39, 0.29) is 6.17 Å². The normalized spacial score (nSPS) is 11.9. The number of hydrogen-bond acceptors (Lipinski definition) is 6. The lowest BCUT2D eigenvalue weighted by molar-refractivity contribution is 0.0638. The Bertz CT molecular complexity index is 620. The lowest BCUT2D eigenvalue weighted by atomic mass is 10.8.